The highest BCUT2D eigenvalue weighted by atomic mass is 16.2. The van der Waals surface area contributed by atoms with E-state index in [-0.39, 0.29) is 17.9 Å². The number of benzene rings is 3. The average Bonchev–Trinajstić information content (AvgIpc) is 2.87. The number of carbonyl (C=O) groups is 2. The van der Waals surface area contributed by atoms with E-state index in [2.05, 4.69) is 54.1 Å². The van der Waals surface area contributed by atoms with Gasteiger partial charge in [0, 0.05) is 18.2 Å². The molecule has 184 valence electrons. The molecule has 0 aromatic heterocycles. The minimum atomic E-state index is -0.582. The van der Waals surface area contributed by atoms with Crippen LogP contribution in [0.25, 0.3) is 0 Å². The quantitative estimate of drug-likeness (QED) is 0.301. The van der Waals surface area contributed by atoms with Crippen molar-refractivity contribution in [1.82, 2.24) is 10.6 Å². The minimum Gasteiger partial charge on any atom is -0.354 e. The van der Waals surface area contributed by atoms with E-state index in [1.807, 2.05) is 67.6 Å². The predicted octanol–water partition coefficient (Wildman–Crippen LogP) is 6.44. The topological polar surface area (TPSA) is 70.2 Å². The van der Waals surface area contributed by atoms with E-state index in [4.69, 9.17) is 0 Å². The van der Waals surface area contributed by atoms with Gasteiger partial charge in [0.1, 0.15) is 6.04 Å². The summed E-state index contributed by atoms with van der Waals surface area (Å²) < 4.78 is 0. The summed E-state index contributed by atoms with van der Waals surface area (Å²) in [4.78, 5) is 25.5. The van der Waals surface area contributed by atoms with Gasteiger partial charge in [-0.2, -0.15) is 0 Å². The number of anilines is 1. The van der Waals surface area contributed by atoms with Crippen molar-refractivity contribution in [2.24, 2.45) is 0 Å². The van der Waals surface area contributed by atoms with Crippen LogP contribution < -0.4 is 16.0 Å². The third-order valence-electron chi connectivity index (χ3n) is 6.17. The van der Waals surface area contributed by atoms with Crippen LogP contribution in [0.15, 0.2) is 84.9 Å². The summed E-state index contributed by atoms with van der Waals surface area (Å²) in [5.41, 5.74) is 4.36. The van der Waals surface area contributed by atoms with Gasteiger partial charge >= 0.3 is 6.03 Å². The molecular formula is C30H37N3O2. The van der Waals surface area contributed by atoms with Gasteiger partial charge in [0.2, 0.25) is 5.91 Å². The molecule has 1 atom stereocenters. The monoisotopic (exact) mass is 471 g/mol. The molecule has 3 amide bonds. The first-order chi connectivity index (χ1) is 17.0. The number of hydrogen-bond donors (Lipinski definition) is 3. The van der Waals surface area contributed by atoms with Crippen LogP contribution in [0, 0.1) is 0 Å². The number of urea groups is 1. The summed E-state index contributed by atoms with van der Waals surface area (Å²) in [6.45, 7) is 6.79. The number of nitrogens with one attached hydrogen (secondary N) is 3. The zero-order chi connectivity index (χ0) is 25.0. The highest BCUT2D eigenvalue weighted by Crippen LogP contribution is 2.27. The fraction of sp³-hybridized carbons (Fsp3) is 0.333. The van der Waals surface area contributed by atoms with Gasteiger partial charge in [-0.05, 0) is 47.6 Å². The molecular weight excluding hydrogens is 434 g/mol. The second-order valence-electron chi connectivity index (χ2n) is 9.17. The predicted molar refractivity (Wildman–Crippen MR) is 144 cm³/mol. The van der Waals surface area contributed by atoms with Crippen LogP contribution in [0.2, 0.25) is 0 Å². The standard InChI is InChI=1S/C30H37N3O2/c1-4-11-28(33-30(35)32-26-18-16-23(17-19-26)22(2)3)29(34)31-21-20-27(24-12-7-5-8-13-24)25-14-9-6-10-15-25/h5-10,12-19,22,27-28H,4,11,20-21H2,1-3H3,(H,31,34)(H2,32,33,35). The Bertz CT molecular complexity index is 1010. The molecule has 3 N–H and O–H groups in total. The van der Waals surface area contributed by atoms with E-state index in [1.54, 1.807) is 0 Å². The summed E-state index contributed by atoms with van der Waals surface area (Å²) in [5.74, 6) is 0.461. The van der Waals surface area contributed by atoms with Crippen LogP contribution >= 0.6 is 0 Å². The summed E-state index contributed by atoms with van der Waals surface area (Å²) in [7, 11) is 0. The molecule has 3 rings (SSSR count). The first-order valence-corrected chi connectivity index (χ1v) is 12.5. The molecule has 0 saturated carbocycles. The molecule has 0 aliphatic rings. The van der Waals surface area contributed by atoms with Crippen molar-refractivity contribution in [2.45, 2.75) is 57.9 Å². The number of amides is 3. The Morgan fingerprint density at radius 2 is 1.31 bits per heavy atom. The van der Waals surface area contributed by atoms with Crippen LogP contribution in [-0.2, 0) is 4.79 Å². The summed E-state index contributed by atoms with van der Waals surface area (Å²) in [5, 5.41) is 8.73. The van der Waals surface area contributed by atoms with Crippen molar-refractivity contribution in [2.75, 3.05) is 11.9 Å². The van der Waals surface area contributed by atoms with E-state index < -0.39 is 6.04 Å². The van der Waals surface area contributed by atoms with Gasteiger partial charge in [0.25, 0.3) is 0 Å². The van der Waals surface area contributed by atoms with Gasteiger partial charge in [-0.1, -0.05) is 100.0 Å². The Balaban J connectivity index is 1.57. The van der Waals surface area contributed by atoms with Crippen LogP contribution in [-0.4, -0.2) is 24.5 Å². The van der Waals surface area contributed by atoms with Gasteiger partial charge in [-0.25, -0.2) is 4.79 Å². The molecule has 0 spiro atoms. The van der Waals surface area contributed by atoms with E-state index >= 15 is 0 Å². The molecule has 3 aromatic carbocycles. The van der Waals surface area contributed by atoms with Gasteiger partial charge in [-0.15, -0.1) is 0 Å². The van der Waals surface area contributed by atoms with Crippen molar-refractivity contribution >= 4 is 17.6 Å². The molecule has 35 heavy (non-hydrogen) atoms. The van der Waals surface area contributed by atoms with Crippen LogP contribution in [0.5, 0.6) is 0 Å². The van der Waals surface area contributed by atoms with Gasteiger partial charge in [-0.3, -0.25) is 4.79 Å². The van der Waals surface area contributed by atoms with Crippen LogP contribution in [0.4, 0.5) is 10.5 Å². The first-order valence-electron chi connectivity index (χ1n) is 12.5. The molecule has 5 nitrogen and oxygen atoms in total. The van der Waals surface area contributed by atoms with Gasteiger partial charge in [0.15, 0.2) is 0 Å². The molecule has 0 heterocycles. The lowest BCUT2D eigenvalue weighted by Crippen LogP contribution is -2.48. The van der Waals surface area contributed by atoms with Crippen LogP contribution in [0.1, 0.15) is 68.6 Å². The van der Waals surface area contributed by atoms with Gasteiger partial charge < -0.3 is 16.0 Å². The number of rotatable bonds is 11. The Kier molecular flexibility index (Phi) is 9.91. The fourth-order valence-corrected chi connectivity index (χ4v) is 4.19. The molecule has 0 saturated heterocycles. The number of hydrogen-bond acceptors (Lipinski definition) is 2. The highest BCUT2D eigenvalue weighted by molar-refractivity contribution is 5.93. The lowest BCUT2D eigenvalue weighted by Gasteiger charge is -2.21. The Morgan fingerprint density at radius 3 is 1.83 bits per heavy atom. The SMILES string of the molecule is CCCC(NC(=O)Nc1ccc(C(C)C)cc1)C(=O)NCCC(c1ccccc1)c1ccccc1. The first kappa shape index (κ1) is 26.0. The molecule has 0 aliphatic carbocycles. The summed E-state index contributed by atoms with van der Waals surface area (Å²) >= 11 is 0. The Hall–Kier alpha value is -3.60. The van der Waals surface area contributed by atoms with Crippen molar-refractivity contribution in [1.29, 1.82) is 0 Å². The minimum absolute atomic E-state index is 0.156. The second kappa shape index (κ2) is 13.3. The highest BCUT2D eigenvalue weighted by Gasteiger charge is 2.21. The smallest absolute Gasteiger partial charge is 0.319 e. The lowest BCUT2D eigenvalue weighted by molar-refractivity contribution is -0.123. The lowest BCUT2D eigenvalue weighted by atomic mass is 9.88. The normalized spacial score (nSPS) is 11.8. The van der Waals surface area contributed by atoms with Crippen LogP contribution in [0.3, 0.4) is 0 Å². The molecule has 1 unspecified atom stereocenters. The average molecular weight is 472 g/mol. The third-order valence-corrected chi connectivity index (χ3v) is 6.17. The van der Waals surface area contributed by atoms with Crippen molar-refractivity contribution < 1.29 is 9.59 Å². The molecule has 3 aromatic rings. The molecule has 0 fully saturated rings. The summed E-state index contributed by atoms with van der Waals surface area (Å²) in [6.07, 6.45) is 2.14. The number of carbonyl (C=O) groups excluding carboxylic acids is 2. The molecule has 0 radical (unpaired) electrons. The Labute approximate surface area is 209 Å². The summed E-state index contributed by atoms with van der Waals surface area (Å²) in [6, 6.07) is 27.5. The van der Waals surface area contributed by atoms with E-state index in [1.165, 1.54) is 16.7 Å². The maximum Gasteiger partial charge on any atom is 0.319 e. The van der Waals surface area contributed by atoms with Crippen molar-refractivity contribution in [3.05, 3.63) is 102 Å². The van der Waals surface area contributed by atoms with E-state index in [0.29, 0.717) is 24.6 Å². The second-order valence-corrected chi connectivity index (χ2v) is 9.17. The molecule has 0 bridgehead atoms. The van der Waals surface area contributed by atoms with Gasteiger partial charge in [0.05, 0.1) is 0 Å². The third kappa shape index (κ3) is 7.99. The van der Waals surface area contributed by atoms with Crippen molar-refractivity contribution in [3.63, 3.8) is 0 Å². The molecule has 5 heteroatoms. The zero-order valence-corrected chi connectivity index (χ0v) is 21.0. The van der Waals surface area contributed by atoms with Crippen molar-refractivity contribution in [3.8, 4) is 0 Å². The van der Waals surface area contributed by atoms with E-state index in [9.17, 15) is 9.59 Å². The largest absolute Gasteiger partial charge is 0.354 e. The van der Waals surface area contributed by atoms with E-state index in [0.717, 1.165) is 12.8 Å². The fourth-order valence-electron chi connectivity index (χ4n) is 4.19. The maximum atomic E-state index is 12.9. The maximum absolute atomic E-state index is 12.9. The molecule has 0 aliphatic heterocycles. The Morgan fingerprint density at radius 1 is 0.743 bits per heavy atom. The zero-order valence-electron chi connectivity index (χ0n) is 21.0.